The maximum absolute atomic E-state index is 12.9. The number of anilines is 1. The number of allylic oxidation sites excluding steroid dienone is 2. The molecule has 2 aromatic rings. The van der Waals surface area contributed by atoms with Crippen LogP contribution in [0.5, 0.6) is 0 Å². The number of nitrogen functional groups attached to an aromatic ring is 1. The number of thioether (sulfide) groups is 1. The molecule has 0 radical (unpaired) electrons. The van der Waals surface area contributed by atoms with Crippen LogP contribution in [0.2, 0.25) is 0 Å². The highest BCUT2D eigenvalue weighted by molar-refractivity contribution is 8.00. The molecule has 2 atom stereocenters. The minimum Gasteiger partial charge on any atom is -0.477 e. The van der Waals surface area contributed by atoms with Crippen LogP contribution >= 0.6 is 23.3 Å². The van der Waals surface area contributed by atoms with Crippen molar-refractivity contribution in [3.8, 4) is 0 Å². The van der Waals surface area contributed by atoms with Gasteiger partial charge in [-0.25, -0.2) is 13.8 Å². The molecule has 0 bridgehead atoms. The number of hydrogen-bond acceptors (Lipinski definition) is 11. The number of aliphatic carboxylic acids is 1. The lowest BCUT2D eigenvalue weighted by molar-refractivity contribution is -0.687. The van der Waals surface area contributed by atoms with Crippen LogP contribution in [-0.2, 0) is 25.8 Å². The van der Waals surface area contributed by atoms with E-state index in [1.807, 2.05) is 0 Å². The van der Waals surface area contributed by atoms with Crippen molar-refractivity contribution in [1.82, 2.24) is 19.6 Å². The lowest BCUT2D eigenvalue weighted by atomic mass is 10.0. The Morgan fingerprint density at radius 2 is 2.11 bits per heavy atom. The second-order valence-electron chi connectivity index (χ2n) is 7.72. The third-order valence-electron chi connectivity index (χ3n) is 5.37. The van der Waals surface area contributed by atoms with Crippen molar-refractivity contribution in [2.45, 2.75) is 18.0 Å². The normalized spacial score (nSPS) is 19.2. The van der Waals surface area contributed by atoms with E-state index in [9.17, 15) is 28.7 Å². The molecule has 2 aliphatic rings. The van der Waals surface area contributed by atoms with Crippen LogP contribution in [0.3, 0.4) is 0 Å². The van der Waals surface area contributed by atoms with Crippen molar-refractivity contribution in [2.24, 2.45) is 10.9 Å². The number of alkyl halides is 1. The molecule has 0 aliphatic carbocycles. The summed E-state index contributed by atoms with van der Waals surface area (Å²) in [6.45, 7) is -0.945. The largest absolute Gasteiger partial charge is 0.477 e. The molecule has 17 heteroatoms. The molecule has 4 heterocycles. The van der Waals surface area contributed by atoms with Crippen molar-refractivity contribution in [3.05, 3.63) is 59.3 Å². The number of nitrogens with zero attached hydrogens (tertiary/aromatic N) is 5. The third kappa shape index (κ3) is 5.47. The van der Waals surface area contributed by atoms with E-state index in [1.165, 1.54) is 11.8 Å². The fourth-order valence-electron chi connectivity index (χ4n) is 3.64. The second kappa shape index (κ2) is 11.3. The van der Waals surface area contributed by atoms with Gasteiger partial charge in [0.25, 0.3) is 18.7 Å². The van der Waals surface area contributed by atoms with Gasteiger partial charge in [-0.15, -0.1) is 11.8 Å². The summed E-state index contributed by atoms with van der Waals surface area (Å²) in [6.07, 6.45) is 6.63. The zero-order chi connectivity index (χ0) is 27.4. The van der Waals surface area contributed by atoms with Gasteiger partial charge in [-0.3, -0.25) is 19.3 Å². The van der Waals surface area contributed by atoms with Gasteiger partial charge < -0.3 is 26.7 Å². The Morgan fingerprint density at radius 3 is 2.71 bits per heavy atom. The summed E-state index contributed by atoms with van der Waals surface area (Å²) in [5.74, 6) is -3.37. The Kier molecular flexibility index (Phi) is 7.96. The van der Waals surface area contributed by atoms with Gasteiger partial charge in [0.2, 0.25) is 17.4 Å². The van der Waals surface area contributed by atoms with Gasteiger partial charge in [-0.05, 0) is 11.6 Å². The minimum absolute atomic E-state index is 0.0346. The number of nitrogens with two attached hydrogens (primary N) is 2. The maximum atomic E-state index is 12.9. The lowest BCUT2D eigenvalue weighted by Gasteiger charge is -2.49. The summed E-state index contributed by atoms with van der Waals surface area (Å²) in [6, 6.07) is 2.05. The molecule has 1 fully saturated rings. The van der Waals surface area contributed by atoms with Crippen LogP contribution in [-0.4, -0.2) is 72.8 Å². The van der Waals surface area contributed by atoms with Gasteiger partial charge in [0, 0.05) is 29.4 Å². The number of rotatable bonds is 10. The zero-order valence-electron chi connectivity index (χ0n) is 19.3. The van der Waals surface area contributed by atoms with Gasteiger partial charge in [-0.1, -0.05) is 11.2 Å². The zero-order valence-corrected chi connectivity index (χ0v) is 20.9. The van der Waals surface area contributed by atoms with Gasteiger partial charge in [0.15, 0.2) is 24.1 Å². The lowest BCUT2D eigenvalue weighted by Crippen LogP contribution is -2.71. The number of carboxylic acids is 1. The van der Waals surface area contributed by atoms with E-state index in [-0.39, 0.29) is 22.4 Å². The number of carbonyl (C=O) groups excluding carboxylic acids is 3. The number of carbonyl (C=O) groups is 4. The molecule has 38 heavy (non-hydrogen) atoms. The average Bonchev–Trinajstić information content (AvgIpc) is 3.32. The summed E-state index contributed by atoms with van der Waals surface area (Å²) in [5.41, 5.74) is 10.8. The maximum Gasteiger partial charge on any atom is 0.352 e. The summed E-state index contributed by atoms with van der Waals surface area (Å²) < 4.78 is 18.1. The number of hydrogen-bond donors (Lipinski definition) is 4. The molecule has 3 amide bonds. The summed E-state index contributed by atoms with van der Waals surface area (Å²) >= 11 is 2.04. The topological polar surface area (TPSA) is 207 Å². The van der Waals surface area contributed by atoms with E-state index in [0.717, 1.165) is 16.4 Å². The molecule has 198 valence electrons. The van der Waals surface area contributed by atoms with E-state index in [0.29, 0.717) is 17.7 Å². The second-order valence-corrected chi connectivity index (χ2v) is 9.61. The third-order valence-corrected chi connectivity index (χ3v) is 7.22. The molecular formula is C21H20FN8O6S2+. The van der Waals surface area contributed by atoms with Crippen molar-refractivity contribution in [1.29, 1.82) is 0 Å². The highest BCUT2D eigenvalue weighted by Gasteiger charge is 2.54. The Bertz CT molecular complexity index is 1380. The summed E-state index contributed by atoms with van der Waals surface area (Å²) in [7, 11) is 0. The Hall–Kier alpha value is -4.38. The number of halogens is 1. The Balaban J connectivity index is 1.47. The van der Waals surface area contributed by atoms with Gasteiger partial charge in [-0.2, -0.15) is 9.36 Å². The summed E-state index contributed by atoms with van der Waals surface area (Å²) in [4.78, 5) is 58.2. The van der Waals surface area contributed by atoms with Crippen molar-refractivity contribution in [3.63, 3.8) is 0 Å². The number of amides is 3. The first-order valence-electron chi connectivity index (χ1n) is 10.7. The van der Waals surface area contributed by atoms with Crippen LogP contribution in [0.15, 0.2) is 53.1 Å². The van der Waals surface area contributed by atoms with Crippen molar-refractivity contribution < 1.29 is 38.1 Å². The first kappa shape index (κ1) is 26.7. The number of β-lactam (4-membered cyclic amide) rings is 1. The van der Waals surface area contributed by atoms with Gasteiger partial charge >= 0.3 is 5.97 Å². The Morgan fingerprint density at radius 1 is 1.37 bits per heavy atom. The molecule has 4 rings (SSSR count). The number of pyridine rings is 1. The highest BCUT2D eigenvalue weighted by atomic mass is 32.2. The molecule has 0 aromatic carbocycles. The van der Waals surface area contributed by atoms with E-state index >= 15 is 0 Å². The van der Waals surface area contributed by atoms with E-state index in [1.54, 1.807) is 41.2 Å². The van der Waals surface area contributed by atoms with Gasteiger partial charge in [0.05, 0.1) is 5.56 Å². The quantitative estimate of drug-likeness (QED) is 0.122. The highest BCUT2D eigenvalue weighted by Crippen LogP contribution is 2.40. The minimum atomic E-state index is -1.31. The standard InChI is InChI=1S/C21H19FN8O6S2/c22-9-36-27-12(16-26-21(24)38-28-16)17(32)25-13-18(33)30-14(20(34)35)11(8-37-19(13)30)2-1-5-29-6-3-10(4-7-29)15(23)31/h1-4,6-7,13,19H,5,8-9H2,(H5-,23,24,25,26,28,31,32,34,35)/p+1/t13-,19+/m1/s1. The fourth-order valence-corrected chi connectivity index (χ4v) is 5.40. The van der Waals surface area contributed by atoms with Crippen LogP contribution in [0.1, 0.15) is 16.2 Å². The molecule has 0 spiro atoms. The van der Waals surface area contributed by atoms with Crippen LogP contribution < -0.4 is 21.4 Å². The number of primary amides is 1. The number of aromatic nitrogens is 3. The molecule has 0 unspecified atom stereocenters. The number of fused-ring (bicyclic) bond motifs is 1. The molecular weight excluding hydrogens is 543 g/mol. The predicted molar refractivity (Wildman–Crippen MR) is 132 cm³/mol. The number of carboxylic acid groups (broad SMARTS) is 1. The number of oxime groups is 1. The molecule has 6 N–H and O–H groups in total. The van der Waals surface area contributed by atoms with E-state index in [4.69, 9.17) is 11.5 Å². The van der Waals surface area contributed by atoms with Crippen LogP contribution in [0, 0.1) is 0 Å². The number of nitrogens with one attached hydrogen (secondary N) is 1. The summed E-state index contributed by atoms with van der Waals surface area (Å²) in [5, 5.41) is 15.0. The predicted octanol–water partition coefficient (Wildman–Crippen LogP) is -0.851. The fraction of sp³-hybridized carbons (Fsp3) is 0.238. The van der Waals surface area contributed by atoms with Gasteiger partial charge in [0.1, 0.15) is 17.1 Å². The van der Waals surface area contributed by atoms with E-state index < -0.39 is 47.7 Å². The first-order valence-corrected chi connectivity index (χ1v) is 12.6. The van der Waals surface area contributed by atoms with E-state index in [2.05, 4.69) is 24.7 Å². The molecule has 1 saturated heterocycles. The molecule has 2 aromatic heterocycles. The monoisotopic (exact) mass is 563 g/mol. The average molecular weight is 564 g/mol. The Labute approximate surface area is 222 Å². The molecule has 0 saturated carbocycles. The SMILES string of the molecule is NC(=O)c1cc[n+](CC=CC2=C(C(=O)O)N3C(=O)[C@@H](NC(=O)C(=NOCF)c4nsc(N)n4)[C@@H]3SC2)cc1. The molecule has 14 nitrogen and oxygen atoms in total. The molecule has 2 aliphatic heterocycles. The van der Waals surface area contributed by atoms with Crippen molar-refractivity contribution in [2.75, 3.05) is 18.3 Å². The van der Waals surface area contributed by atoms with Crippen LogP contribution in [0.25, 0.3) is 0 Å². The smallest absolute Gasteiger partial charge is 0.352 e. The first-order chi connectivity index (χ1) is 18.2. The van der Waals surface area contributed by atoms with Crippen molar-refractivity contribution >= 4 is 57.8 Å². The van der Waals surface area contributed by atoms with Crippen LogP contribution in [0.4, 0.5) is 9.52 Å².